The van der Waals surface area contributed by atoms with Gasteiger partial charge in [-0.05, 0) is 69.4 Å². The summed E-state index contributed by atoms with van der Waals surface area (Å²) >= 11 is 0. The number of rotatable bonds is 12. The van der Waals surface area contributed by atoms with Crippen LogP contribution < -0.4 is 20.3 Å². The predicted molar refractivity (Wildman–Crippen MR) is 164 cm³/mol. The summed E-state index contributed by atoms with van der Waals surface area (Å²) in [7, 11) is 8.91. The van der Waals surface area contributed by atoms with Gasteiger partial charge in [0.05, 0.1) is 42.5 Å². The second-order valence-corrected chi connectivity index (χ2v) is 9.60. The SMILES string of the molecule is C=CC(=O)Nc1cc(Nc2nccc(/C(=C/C)c3cc(C(=O)OC)ccc3C)n2)c(OC)cc1N(C)CCN(C)C. The Kier molecular flexibility index (Phi) is 10.6. The summed E-state index contributed by atoms with van der Waals surface area (Å²) < 4.78 is 10.6. The zero-order valence-electron chi connectivity index (χ0n) is 24.7. The van der Waals surface area contributed by atoms with Crippen molar-refractivity contribution in [3.8, 4) is 5.75 Å². The van der Waals surface area contributed by atoms with Crippen LogP contribution in [-0.4, -0.2) is 75.2 Å². The summed E-state index contributed by atoms with van der Waals surface area (Å²) in [4.78, 5) is 37.7. The van der Waals surface area contributed by atoms with E-state index in [1.165, 1.54) is 13.2 Å². The average Bonchev–Trinajstić information content (AvgIpc) is 2.97. The van der Waals surface area contributed by atoms with Crippen molar-refractivity contribution in [1.82, 2.24) is 14.9 Å². The Morgan fingerprint density at radius 3 is 2.44 bits per heavy atom. The van der Waals surface area contributed by atoms with Gasteiger partial charge in [0.2, 0.25) is 11.9 Å². The number of benzene rings is 2. The van der Waals surface area contributed by atoms with Crippen LogP contribution in [0.5, 0.6) is 5.75 Å². The number of aryl methyl sites for hydroxylation is 1. The summed E-state index contributed by atoms with van der Waals surface area (Å²) in [5, 5.41) is 6.14. The van der Waals surface area contributed by atoms with E-state index in [0.717, 1.165) is 35.5 Å². The molecule has 3 rings (SSSR count). The number of aromatic nitrogens is 2. The number of hydrogen-bond donors (Lipinski definition) is 2. The third kappa shape index (κ3) is 7.70. The Morgan fingerprint density at radius 1 is 1.05 bits per heavy atom. The molecule has 3 aromatic rings. The molecule has 0 aliphatic heterocycles. The second-order valence-electron chi connectivity index (χ2n) is 9.60. The van der Waals surface area contributed by atoms with Gasteiger partial charge in [-0.3, -0.25) is 4.79 Å². The van der Waals surface area contributed by atoms with E-state index in [2.05, 4.69) is 27.1 Å². The molecule has 2 N–H and O–H groups in total. The highest BCUT2D eigenvalue weighted by Gasteiger charge is 2.18. The minimum Gasteiger partial charge on any atom is -0.494 e. The van der Waals surface area contributed by atoms with Gasteiger partial charge in [-0.1, -0.05) is 18.7 Å². The van der Waals surface area contributed by atoms with Crippen LogP contribution in [-0.2, 0) is 9.53 Å². The van der Waals surface area contributed by atoms with E-state index < -0.39 is 5.97 Å². The topological polar surface area (TPSA) is 109 Å². The minimum atomic E-state index is -0.408. The van der Waals surface area contributed by atoms with Crippen molar-refractivity contribution >= 4 is 40.5 Å². The highest BCUT2D eigenvalue weighted by Crippen LogP contribution is 2.38. The quantitative estimate of drug-likeness (QED) is 0.237. The Hall–Kier alpha value is -4.70. The van der Waals surface area contributed by atoms with Gasteiger partial charge in [-0.15, -0.1) is 0 Å². The lowest BCUT2D eigenvalue weighted by Crippen LogP contribution is -2.29. The number of carbonyl (C=O) groups excluding carboxylic acids is 2. The molecule has 0 atom stereocenters. The zero-order valence-corrected chi connectivity index (χ0v) is 24.7. The van der Waals surface area contributed by atoms with Crippen LogP contribution in [0, 0.1) is 6.92 Å². The van der Waals surface area contributed by atoms with E-state index in [1.807, 2.05) is 58.1 Å². The van der Waals surface area contributed by atoms with Crippen LogP contribution in [0.2, 0.25) is 0 Å². The van der Waals surface area contributed by atoms with Crippen molar-refractivity contribution in [1.29, 1.82) is 0 Å². The molecule has 0 spiro atoms. The molecule has 10 nitrogen and oxygen atoms in total. The number of esters is 1. The maximum atomic E-state index is 12.3. The van der Waals surface area contributed by atoms with E-state index in [0.29, 0.717) is 34.3 Å². The van der Waals surface area contributed by atoms with Crippen LogP contribution in [0.3, 0.4) is 0 Å². The molecule has 0 aliphatic rings. The van der Waals surface area contributed by atoms with Crippen molar-refractivity contribution < 1.29 is 19.1 Å². The first kappa shape index (κ1) is 30.8. The summed E-state index contributed by atoms with van der Waals surface area (Å²) in [6, 6.07) is 10.9. The number of hydrogen-bond acceptors (Lipinski definition) is 9. The van der Waals surface area contributed by atoms with Gasteiger partial charge in [-0.25, -0.2) is 14.8 Å². The standard InChI is InChI=1S/C31H38N6O4/c1-9-22(23-17-21(30(39)41-8)12-11-20(23)3)24-13-14-32-31(34-24)35-26-18-25(33-29(38)10-2)27(19-28(26)40-7)37(6)16-15-36(4)5/h9-14,17-19H,2,15-16H2,1,3-8H3,(H,33,38)(H,32,34,35)/b22-9+. The van der Waals surface area contributed by atoms with Crippen LogP contribution in [0.1, 0.15) is 34.1 Å². The maximum absolute atomic E-state index is 12.3. The smallest absolute Gasteiger partial charge is 0.337 e. The van der Waals surface area contributed by atoms with Crippen LogP contribution >= 0.6 is 0 Å². The largest absolute Gasteiger partial charge is 0.494 e. The molecule has 41 heavy (non-hydrogen) atoms. The highest BCUT2D eigenvalue weighted by molar-refractivity contribution is 6.02. The van der Waals surface area contributed by atoms with Crippen molar-refractivity contribution in [2.45, 2.75) is 13.8 Å². The Bertz CT molecular complexity index is 1450. The van der Waals surface area contributed by atoms with Crippen molar-refractivity contribution in [3.05, 3.63) is 83.7 Å². The van der Waals surface area contributed by atoms with Gasteiger partial charge in [0.1, 0.15) is 5.75 Å². The molecule has 0 unspecified atom stereocenters. The van der Waals surface area contributed by atoms with Crippen molar-refractivity contribution in [2.24, 2.45) is 0 Å². The lowest BCUT2D eigenvalue weighted by Gasteiger charge is -2.26. The maximum Gasteiger partial charge on any atom is 0.337 e. The van der Waals surface area contributed by atoms with Crippen LogP contribution in [0.15, 0.2) is 61.3 Å². The average molecular weight is 559 g/mol. The van der Waals surface area contributed by atoms with E-state index in [-0.39, 0.29) is 5.91 Å². The van der Waals surface area contributed by atoms with Crippen LogP contribution in [0.25, 0.3) is 5.57 Å². The number of amides is 1. The Labute approximate surface area is 241 Å². The van der Waals surface area contributed by atoms with E-state index in [9.17, 15) is 9.59 Å². The molecule has 10 heteroatoms. The third-order valence-electron chi connectivity index (χ3n) is 6.47. The zero-order chi connectivity index (χ0) is 30.1. The summed E-state index contributed by atoms with van der Waals surface area (Å²) in [5.74, 6) is 0.143. The predicted octanol–water partition coefficient (Wildman–Crippen LogP) is 4.90. The first-order valence-corrected chi connectivity index (χ1v) is 13.1. The number of ether oxygens (including phenoxy) is 2. The van der Waals surface area contributed by atoms with Gasteiger partial charge < -0.3 is 29.9 Å². The molecule has 0 saturated heterocycles. The van der Waals surface area contributed by atoms with E-state index in [1.54, 1.807) is 37.6 Å². The summed E-state index contributed by atoms with van der Waals surface area (Å²) in [5.41, 5.74) is 5.73. The normalized spacial score (nSPS) is 11.2. The van der Waals surface area contributed by atoms with Gasteiger partial charge in [-0.2, -0.15) is 0 Å². The number of carbonyl (C=O) groups is 2. The van der Waals surface area contributed by atoms with Gasteiger partial charge in [0, 0.05) is 38.0 Å². The summed E-state index contributed by atoms with van der Waals surface area (Å²) in [6.07, 6.45) is 4.82. The molecular formula is C31H38N6O4. The molecule has 0 aliphatic carbocycles. The number of likely N-dealkylation sites (N-methyl/N-ethyl adjacent to an activating group) is 2. The fourth-order valence-corrected chi connectivity index (χ4v) is 4.19. The number of allylic oxidation sites excluding steroid dienone is 1. The first-order valence-electron chi connectivity index (χ1n) is 13.1. The van der Waals surface area contributed by atoms with Crippen molar-refractivity contribution in [2.75, 3.05) is 64.0 Å². The molecule has 1 aromatic heterocycles. The molecule has 0 bridgehead atoms. The Morgan fingerprint density at radius 2 is 1.80 bits per heavy atom. The lowest BCUT2D eigenvalue weighted by molar-refractivity contribution is -0.111. The van der Waals surface area contributed by atoms with Crippen LogP contribution in [0.4, 0.5) is 23.0 Å². The molecule has 0 fully saturated rings. The minimum absolute atomic E-state index is 0.330. The van der Waals surface area contributed by atoms with Gasteiger partial charge in [0.15, 0.2) is 0 Å². The molecule has 0 saturated carbocycles. The highest BCUT2D eigenvalue weighted by atomic mass is 16.5. The van der Waals surface area contributed by atoms with E-state index >= 15 is 0 Å². The Balaban J connectivity index is 2.02. The molecule has 1 amide bonds. The molecule has 0 radical (unpaired) electrons. The van der Waals surface area contributed by atoms with E-state index in [4.69, 9.17) is 14.5 Å². The fraction of sp³-hybridized carbons (Fsp3) is 0.290. The lowest BCUT2D eigenvalue weighted by atomic mass is 9.95. The molecular weight excluding hydrogens is 520 g/mol. The molecule has 1 heterocycles. The molecule has 216 valence electrons. The first-order chi connectivity index (χ1) is 19.6. The fourth-order valence-electron chi connectivity index (χ4n) is 4.19. The monoisotopic (exact) mass is 558 g/mol. The van der Waals surface area contributed by atoms with Crippen molar-refractivity contribution in [3.63, 3.8) is 0 Å². The third-order valence-corrected chi connectivity index (χ3v) is 6.47. The number of anilines is 4. The number of nitrogens with one attached hydrogen (secondary N) is 2. The summed E-state index contributed by atoms with van der Waals surface area (Å²) in [6.45, 7) is 9.02. The van der Waals surface area contributed by atoms with Gasteiger partial charge in [0.25, 0.3) is 0 Å². The number of methoxy groups -OCH3 is 2. The van der Waals surface area contributed by atoms with Gasteiger partial charge >= 0.3 is 5.97 Å². The second kappa shape index (κ2) is 14.1. The molecule has 2 aromatic carbocycles. The number of nitrogens with zero attached hydrogens (tertiary/aromatic N) is 4.